The lowest BCUT2D eigenvalue weighted by atomic mass is 10.0. The Bertz CT molecular complexity index is 1420. The van der Waals surface area contributed by atoms with Crippen LogP contribution in [0.5, 0.6) is 11.6 Å². The van der Waals surface area contributed by atoms with Crippen LogP contribution >= 0.6 is 0 Å². The van der Waals surface area contributed by atoms with Crippen molar-refractivity contribution in [3.05, 3.63) is 78.4 Å². The van der Waals surface area contributed by atoms with Crippen LogP contribution in [0.4, 0.5) is 10.5 Å². The van der Waals surface area contributed by atoms with E-state index in [-0.39, 0.29) is 18.0 Å². The van der Waals surface area contributed by atoms with Crippen LogP contribution in [-0.4, -0.2) is 50.5 Å². The van der Waals surface area contributed by atoms with Crippen molar-refractivity contribution in [2.75, 3.05) is 18.4 Å². The minimum atomic E-state index is -0.226. The van der Waals surface area contributed by atoms with Crippen molar-refractivity contribution in [3.8, 4) is 11.6 Å². The van der Waals surface area contributed by atoms with Crippen molar-refractivity contribution in [3.63, 3.8) is 0 Å². The molecule has 0 saturated carbocycles. The summed E-state index contributed by atoms with van der Waals surface area (Å²) < 4.78 is 7.61. The highest BCUT2D eigenvalue weighted by molar-refractivity contribution is 5.98. The van der Waals surface area contributed by atoms with E-state index in [1.807, 2.05) is 61.5 Å². The molecule has 1 aliphatic heterocycles. The molecule has 190 valence electrons. The second kappa shape index (κ2) is 10.8. The molecule has 0 radical (unpaired) electrons. The van der Waals surface area contributed by atoms with E-state index in [0.29, 0.717) is 18.2 Å². The monoisotopic (exact) mass is 498 g/mol. The van der Waals surface area contributed by atoms with Gasteiger partial charge in [-0.05, 0) is 61.7 Å². The standard InChI is InChI=1S/C28H30N6O3/c1-19-4-3-5-23(14-19)32-28(36)34-13-8-21-15-25(6-7-26(21)34)37-27-16-24(29-18-30-27)17-33-11-9-22(10-12-33)31-20(2)35/h3-8,13-16,18,22H,9-12,17H2,1-2H3,(H,31,35)(H,32,36). The molecule has 9 heteroatoms. The number of aryl methyl sites for hydroxylation is 1. The van der Waals surface area contributed by atoms with Crippen LogP contribution in [-0.2, 0) is 11.3 Å². The number of fused-ring (bicyclic) bond motifs is 1. The maximum absolute atomic E-state index is 12.8. The molecule has 2 aromatic carbocycles. The zero-order chi connectivity index (χ0) is 25.8. The molecule has 1 fully saturated rings. The Morgan fingerprint density at radius 3 is 2.68 bits per heavy atom. The first kappa shape index (κ1) is 24.5. The van der Waals surface area contributed by atoms with Crippen molar-refractivity contribution in [2.45, 2.75) is 39.3 Å². The van der Waals surface area contributed by atoms with Crippen LogP contribution in [0.2, 0.25) is 0 Å². The molecule has 0 bridgehead atoms. The van der Waals surface area contributed by atoms with Crippen LogP contribution in [0.1, 0.15) is 31.0 Å². The van der Waals surface area contributed by atoms with E-state index in [9.17, 15) is 9.59 Å². The van der Waals surface area contributed by atoms with E-state index in [4.69, 9.17) is 4.74 Å². The molecular weight excluding hydrogens is 468 g/mol. The van der Waals surface area contributed by atoms with Gasteiger partial charge in [-0.15, -0.1) is 0 Å². The summed E-state index contributed by atoms with van der Waals surface area (Å²) in [6.07, 6.45) is 5.12. The van der Waals surface area contributed by atoms with E-state index in [2.05, 4.69) is 25.5 Å². The molecule has 1 saturated heterocycles. The van der Waals surface area contributed by atoms with Crippen molar-refractivity contribution < 1.29 is 14.3 Å². The molecule has 0 aliphatic carbocycles. The normalized spacial score (nSPS) is 14.4. The average molecular weight is 499 g/mol. The third kappa shape index (κ3) is 6.13. The zero-order valence-electron chi connectivity index (χ0n) is 21.0. The first-order valence-electron chi connectivity index (χ1n) is 12.4. The number of benzene rings is 2. The van der Waals surface area contributed by atoms with Crippen LogP contribution < -0.4 is 15.4 Å². The number of anilines is 1. The number of nitrogens with one attached hydrogen (secondary N) is 2. The number of likely N-dealkylation sites (tertiary alicyclic amines) is 1. The number of carbonyl (C=O) groups excluding carboxylic acids is 2. The van der Waals surface area contributed by atoms with Crippen molar-refractivity contribution in [1.29, 1.82) is 0 Å². The molecule has 0 unspecified atom stereocenters. The maximum Gasteiger partial charge on any atom is 0.330 e. The van der Waals surface area contributed by atoms with Gasteiger partial charge >= 0.3 is 6.03 Å². The Kier molecular flexibility index (Phi) is 7.14. The molecule has 0 atom stereocenters. The third-order valence-corrected chi connectivity index (χ3v) is 6.45. The summed E-state index contributed by atoms with van der Waals surface area (Å²) in [7, 11) is 0. The smallest absolute Gasteiger partial charge is 0.330 e. The fourth-order valence-corrected chi connectivity index (χ4v) is 4.66. The molecule has 4 aromatic rings. The van der Waals surface area contributed by atoms with Gasteiger partial charge in [0.1, 0.15) is 12.1 Å². The van der Waals surface area contributed by atoms with Crippen LogP contribution in [0.15, 0.2) is 67.1 Å². The van der Waals surface area contributed by atoms with Gasteiger partial charge < -0.3 is 15.4 Å². The molecule has 2 N–H and O–H groups in total. The number of aromatic nitrogens is 3. The Balaban J connectivity index is 1.22. The number of amides is 2. The number of ether oxygens (including phenoxy) is 1. The van der Waals surface area contributed by atoms with E-state index in [1.165, 1.54) is 6.33 Å². The molecule has 0 spiro atoms. The number of piperidine rings is 1. The van der Waals surface area contributed by atoms with Gasteiger partial charge in [-0.25, -0.2) is 14.8 Å². The average Bonchev–Trinajstić information content (AvgIpc) is 3.29. The van der Waals surface area contributed by atoms with Gasteiger partial charge in [0.15, 0.2) is 0 Å². The molecule has 1 aliphatic rings. The van der Waals surface area contributed by atoms with Gasteiger partial charge in [0.05, 0.1) is 11.2 Å². The second-order valence-electron chi connectivity index (χ2n) is 9.41. The van der Waals surface area contributed by atoms with Crippen molar-refractivity contribution in [1.82, 2.24) is 24.8 Å². The summed E-state index contributed by atoms with van der Waals surface area (Å²) >= 11 is 0. The zero-order valence-corrected chi connectivity index (χ0v) is 21.0. The Labute approximate surface area is 215 Å². The predicted molar refractivity (Wildman–Crippen MR) is 142 cm³/mol. The lowest BCUT2D eigenvalue weighted by molar-refractivity contribution is -0.120. The highest BCUT2D eigenvalue weighted by Crippen LogP contribution is 2.26. The summed E-state index contributed by atoms with van der Waals surface area (Å²) in [5, 5.41) is 6.82. The van der Waals surface area contributed by atoms with Gasteiger partial charge in [-0.2, -0.15) is 0 Å². The molecule has 5 rings (SSSR count). The summed E-state index contributed by atoms with van der Waals surface area (Å²) in [5.74, 6) is 1.12. The lowest BCUT2D eigenvalue weighted by Gasteiger charge is -2.31. The predicted octanol–water partition coefficient (Wildman–Crippen LogP) is 4.71. The minimum Gasteiger partial charge on any atom is -0.439 e. The first-order chi connectivity index (χ1) is 17.9. The highest BCUT2D eigenvalue weighted by atomic mass is 16.5. The van der Waals surface area contributed by atoms with Crippen LogP contribution in [0, 0.1) is 6.92 Å². The topological polar surface area (TPSA) is 101 Å². The number of hydrogen-bond donors (Lipinski definition) is 2. The second-order valence-corrected chi connectivity index (χ2v) is 9.41. The molecule has 2 amide bonds. The van der Waals surface area contributed by atoms with Gasteiger partial charge in [0.2, 0.25) is 11.8 Å². The fraction of sp³-hybridized carbons (Fsp3) is 0.286. The summed E-state index contributed by atoms with van der Waals surface area (Å²) in [6, 6.07) is 17.0. The summed E-state index contributed by atoms with van der Waals surface area (Å²) in [5.41, 5.74) is 3.49. The molecular formula is C28H30N6O3. The number of carbonyl (C=O) groups is 2. The van der Waals surface area contributed by atoms with Gasteiger partial charge in [-0.1, -0.05) is 12.1 Å². The van der Waals surface area contributed by atoms with Crippen LogP contribution in [0.3, 0.4) is 0 Å². The van der Waals surface area contributed by atoms with E-state index < -0.39 is 0 Å². The van der Waals surface area contributed by atoms with E-state index >= 15 is 0 Å². The van der Waals surface area contributed by atoms with Crippen LogP contribution in [0.25, 0.3) is 10.9 Å². The fourth-order valence-electron chi connectivity index (χ4n) is 4.66. The van der Waals surface area contributed by atoms with Crippen molar-refractivity contribution >= 4 is 28.5 Å². The quantitative estimate of drug-likeness (QED) is 0.399. The van der Waals surface area contributed by atoms with Gasteiger partial charge in [-0.3, -0.25) is 14.3 Å². The molecule has 9 nitrogen and oxygen atoms in total. The number of rotatable bonds is 6. The number of nitrogens with zero attached hydrogens (tertiary/aromatic N) is 4. The largest absolute Gasteiger partial charge is 0.439 e. The van der Waals surface area contributed by atoms with E-state index in [0.717, 1.165) is 53.8 Å². The Morgan fingerprint density at radius 2 is 1.89 bits per heavy atom. The highest BCUT2D eigenvalue weighted by Gasteiger charge is 2.20. The maximum atomic E-state index is 12.8. The summed E-state index contributed by atoms with van der Waals surface area (Å²) in [6.45, 7) is 6.04. The first-order valence-corrected chi connectivity index (χ1v) is 12.4. The molecule has 2 aromatic heterocycles. The Hall–Kier alpha value is -4.24. The van der Waals surface area contributed by atoms with Crippen molar-refractivity contribution in [2.24, 2.45) is 0 Å². The minimum absolute atomic E-state index is 0.0244. The lowest BCUT2D eigenvalue weighted by Crippen LogP contribution is -2.43. The number of hydrogen-bond acceptors (Lipinski definition) is 6. The third-order valence-electron chi connectivity index (χ3n) is 6.45. The van der Waals surface area contributed by atoms with E-state index in [1.54, 1.807) is 17.7 Å². The Morgan fingerprint density at radius 1 is 1.05 bits per heavy atom. The molecule has 37 heavy (non-hydrogen) atoms. The molecule has 3 heterocycles. The van der Waals surface area contributed by atoms with Gasteiger partial charge in [0.25, 0.3) is 0 Å². The summed E-state index contributed by atoms with van der Waals surface area (Å²) in [4.78, 5) is 35.1. The SMILES string of the molecule is CC(=O)NC1CCN(Cc2cc(Oc3ccc4c(ccn4C(=O)Nc4cccc(C)c4)c3)ncn2)CC1. The van der Waals surface area contributed by atoms with Gasteiger partial charge in [0, 0.05) is 55.9 Å².